The van der Waals surface area contributed by atoms with Gasteiger partial charge in [0.05, 0.1) is 0 Å². The molecule has 0 unspecified atom stereocenters. The molecule has 0 saturated heterocycles. The summed E-state index contributed by atoms with van der Waals surface area (Å²) in [4.78, 5) is 0. The maximum Gasteiger partial charge on any atom is 0.0237 e. The number of nitrogens with zero attached hydrogens (tertiary/aromatic N) is 1. The Bertz CT molecular complexity index is 48.2. The van der Waals surface area contributed by atoms with E-state index in [1.165, 1.54) is 0 Å². The van der Waals surface area contributed by atoms with Gasteiger partial charge in [-0.3, -0.25) is 0 Å². The molecule has 0 aliphatic heterocycles. The second-order valence-electron chi connectivity index (χ2n) is 0.740. The van der Waals surface area contributed by atoms with Crippen LogP contribution in [0.3, 0.4) is 0 Å². The highest BCUT2D eigenvalue weighted by atomic mass is 32.4. The summed E-state index contributed by atoms with van der Waals surface area (Å²) in [5.41, 5.74) is 0. The van der Waals surface area contributed by atoms with Gasteiger partial charge in [0.15, 0.2) is 0 Å². The van der Waals surface area contributed by atoms with Crippen molar-refractivity contribution in [1.82, 2.24) is 0 Å². The van der Waals surface area contributed by atoms with E-state index in [1.807, 2.05) is 6.92 Å². The number of rotatable bonds is 1. The van der Waals surface area contributed by atoms with Crippen molar-refractivity contribution in [2.24, 2.45) is 10.9 Å². The van der Waals surface area contributed by atoms with Crippen LogP contribution in [0, 0.1) is 0 Å². The van der Waals surface area contributed by atoms with Crippen LogP contribution in [-0.2, 0) is 11.8 Å². The SMILES string of the molecule is CCC=NN.P=S. The summed E-state index contributed by atoms with van der Waals surface area (Å²) in [5.74, 6) is 4.71. The minimum absolute atomic E-state index is 0.927. The van der Waals surface area contributed by atoms with Gasteiger partial charge in [-0.05, 0) is 14.4 Å². The first-order valence-corrected chi connectivity index (χ1v) is 3.47. The summed E-state index contributed by atoms with van der Waals surface area (Å²) in [6, 6.07) is 0. The summed E-state index contributed by atoms with van der Waals surface area (Å²) in [6.07, 6.45) is 2.58. The van der Waals surface area contributed by atoms with Crippen molar-refractivity contribution in [2.45, 2.75) is 13.3 Å². The van der Waals surface area contributed by atoms with Gasteiger partial charge >= 0.3 is 0 Å². The van der Waals surface area contributed by atoms with Crippen LogP contribution >= 0.6 is 8.02 Å². The number of hydrazone groups is 1. The standard InChI is InChI=1S/C3H8N2.HPS/c1-2-3-5-4;1-2/h3H,2,4H2,1H3;1H. The van der Waals surface area contributed by atoms with Gasteiger partial charge in [0.25, 0.3) is 0 Å². The summed E-state index contributed by atoms with van der Waals surface area (Å²) >= 11 is 3.89. The van der Waals surface area contributed by atoms with Crippen LogP contribution in [0.1, 0.15) is 13.3 Å². The second-order valence-corrected chi connectivity index (χ2v) is 0.740. The van der Waals surface area contributed by atoms with E-state index in [-0.39, 0.29) is 0 Å². The molecule has 2 nitrogen and oxygen atoms in total. The molecule has 4 heteroatoms. The van der Waals surface area contributed by atoms with Crippen LogP contribution in [0.2, 0.25) is 0 Å². The molecule has 0 saturated carbocycles. The van der Waals surface area contributed by atoms with E-state index in [0.717, 1.165) is 6.42 Å². The van der Waals surface area contributed by atoms with Gasteiger partial charge in [-0.15, -0.1) is 0 Å². The fraction of sp³-hybridized carbons (Fsp3) is 0.667. The molecule has 0 aromatic carbocycles. The maximum absolute atomic E-state index is 4.71. The van der Waals surface area contributed by atoms with Crippen molar-refractivity contribution in [1.29, 1.82) is 0 Å². The lowest BCUT2D eigenvalue weighted by Crippen LogP contribution is -1.78. The number of hydrogen-bond donors (Lipinski definition) is 1. The van der Waals surface area contributed by atoms with Crippen molar-refractivity contribution in [3.8, 4) is 0 Å². The normalized spacial score (nSPS) is 7.57. The largest absolute Gasteiger partial charge is 0.324 e. The van der Waals surface area contributed by atoms with Crippen molar-refractivity contribution in [2.75, 3.05) is 0 Å². The van der Waals surface area contributed by atoms with Crippen LogP contribution in [0.5, 0.6) is 0 Å². The van der Waals surface area contributed by atoms with Crippen LogP contribution in [0.4, 0.5) is 0 Å². The molecule has 0 aromatic heterocycles. The molecule has 0 radical (unpaired) electrons. The molecule has 2 N–H and O–H groups in total. The monoisotopic (exact) mass is 136 g/mol. The third kappa shape index (κ3) is 24.1. The third-order valence-corrected chi connectivity index (χ3v) is 0.288. The highest BCUT2D eigenvalue weighted by molar-refractivity contribution is 7.88. The first kappa shape index (κ1) is 10.1. The summed E-state index contributed by atoms with van der Waals surface area (Å²) in [6.45, 7) is 1.98. The third-order valence-electron chi connectivity index (χ3n) is 0.288. The van der Waals surface area contributed by atoms with E-state index in [1.54, 1.807) is 6.21 Å². The molecule has 0 aliphatic carbocycles. The number of nitrogens with two attached hydrogens (primary N) is 1. The average molecular weight is 136 g/mol. The van der Waals surface area contributed by atoms with Gasteiger partial charge < -0.3 is 5.84 Å². The van der Waals surface area contributed by atoms with E-state index >= 15 is 0 Å². The van der Waals surface area contributed by atoms with E-state index < -0.39 is 0 Å². The summed E-state index contributed by atoms with van der Waals surface area (Å²) < 4.78 is 0. The second kappa shape index (κ2) is 16.7. The van der Waals surface area contributed by atoms with Gasteiger partial charge in [0.2, 0.25) is 0 Å². The smallest absolute Gasteiger partial charge is 0.0237 e. The Balaban J connectivity index is 0. The predicted octanol–water partition coefficient (Wildman–Crippen LogP) is 0.932. The Morgan fingerprint density at radius 2 is 2.29 bits per heavy atom. The predicted molar refractivity (Wildman–Crippen MR) is 38.7 cm³/mol. The van der Waals surface area contributed by atoms with Gasteiger partial charge in [-0.2, -0.15) is 5.10 Å². The van der Waals surface area contributed by atoms with Crippen LogP contribution < -0.4 is 5.84 Å². The molecule has 42 valence electrons. The minimum Gasteiger partial charge on any atom is -0.324 e. The van der Waals surface area contributed by atoms with E-state index in [9.17, 15) is 0 Å². The summed E-state index contributed by atoms with van der Waals surface area (Å²) in [5, 5.41) is 3.23. The topological polar surface area (TPSA) is 38.4 Å². The van der Waals surface area contributed by atoms with Crippen LogP contribution in [0.25, 0.3) is 0 Å². The molecule has 0 aromatic rings. The number of hydrogen-bond acceptors (Lipinski definition) is 3. The zero-order valence-electron chi connectivity index (χ0n) is 4.22. The fourth-order valence-electron chi connectivity index (χ4n) is 0.105. The summed E-state index contributed by atoms with van der Waals surface area (Å²) in [7, 11) is 2.56. The zero-order chi connectivity index (χ0) is 6.12. The van der Waals surface area contributed by atoms with Gasteiger partial charge in [-0.25, -0.2) is 0 Å². The first-order valence-electron chi connectivity index (χ1n) is 1.84. The molecule has 0 amide bonds. The van der Waals surface area contributed by atoms with Crippen LogP contribution in [-0.4, -0.2) is 6.21 Å². The molecule has 0 rings (SSSR count). The minimum atomic E-state index is 0.927. The lowest BCUT2D eigenvalue weighted by molar-refractivity contribution is 1.21. The average Bonchev–Trinajstić information content (AvgIpc) is 1.75. The van der Waals surface area contributed by atoms with Gasteiger partial charge in [0, 0.05) is 6.21 Å². The lowest BCUT2D eigenvalue weighted by Gasteiger charge is -1.66. The maximum atomic E-state index is 4.71. The highest BCUT2D eigenvalue weighted by Crippen LogP contribution is 1.58. The van der Waals surface area contributed by atoms with E-state index in [0.29, 0.717) is 0 Å². The Morgan fingerprint density at radius 3 is 2.29 bits per heavy atom. The fourth-order valence-corrected chi connectivity index (χ4v) is 0.105. The Morgan fingerprint density at radius 1 is 1.86 bits per heavy atom. The van der Waals surface area contributed by atoms with Crippen LogP contribution in [0.15, 0.2) is 5.10 Å². The van der Waals surface area contributed by atoms with Crippen molar-refractivity contribution in [3.05, 3.63) is 0 Å². The molecule has 0 aliphatic rings. The molecular formula is C3H9N2PS. The van der Waals surface area contributed by atoms with Gasteiger partial charge in [0.1, 0.15) is 0 Å². The Labute approximate surface area is 51.0 Å². The highest BCUT2D eigenvalue weighted by Gasteiger charge is 1.53. The molecule has 0 bridgehead atoms. The van der Waals surface area contributed by atoms with Gasteiger partial charge in [-0.1, -0.05) is 18.7 Å². The van der Waals surface area contributed by atoms with Crippen molar-refractivity contribution in [3.63, 3.8) is 0 Å². The molecule has 0 fully saturated rings. The van der Waals surface area contributed by atoms with Crippen molar-refractivity contribution < 1.29 is 0 Å². The molecule has 0 atom stereocenters. The molecule has 0 spiro atoms. The van der Waals surface area contributed by atoms with E-state index in [4.69, 9.17) is 5.84 Å². The molecular weight excluding hydrogens is 127 g/mol. The first-order chi connectivity index (χ1) is 3.41. The van der Waals surface area contributed by atoms with Crippen molar-refractivity contribution >= 4 is 26.0 Å². The lowest BCUT2D eigenvalue weighted by atomic mass is 10.6. The zero-order valence-corrected chi connectivity index (χ0v) is 6.03. The molecule has 0 heterocycles. The van der Waals surface area contributed by atoms with E-state index in [2.05, 4.69) is 24.9 Å². The Hall–Kier alpha value is -0.0100. The molecule has 7 heavy (non-hydrogen) atoms. The Kier molecular flexibility index (Phi) is 24.0. The quantitative estimate of drug-likeness (QED) is 0.252.